The molecule has 0 aliphatic carbocycles. The predicted octanol–water partition coefficient (Wildman–Crippen LogP) is 3.63. The van der Waals surface area contributed by atoms with Crippen LogP contribution in [0, 0.1) is 0 Å². The number of fused-ring (bicyclic) bond motifs is 1. The number of aryl methyl sites for hydroxylation is 1. The highest BCUT2D eigenvalue weighted by Crippen LogP contribution is 2.21. The second-order valence-electron chi connectivity index (χ2n) is 4.34. The highest BCUT2D eigenvalue weighted by molar-refractivity contribution is 7.16. The number of rotatable bonds is 1. The average Bonchev–Trinajstić information content (AvgIpc) is 2.75. The summed E-state index contributed by atoms with van der Waals surface area (Å²) in [6, 6.07) is 14.7. The molecule has 0 fully saturated rings. The van der Waals surface area contributed by atoms with E-state index < -0.39 is 0 Å². The summed E-state index contributed by atoms with van der Waals surface area (Å²) in [5, 5.41) is 0.681. The van der Waals surface area contributed by atoms with Crippen molar-refractivity contribution in [1.29, 1.82) is 0 Å². The first-order valence-electron chi connectivity index (χ1n) is 6.04. The van der Waals surface area contributed by atoms with Gasteiger partial charge < -0.3 is 4.57 Å². The van der Waals surface area contributed by atoms with Crippen molar-refractivity contribution in [3.63, 3.8) is 0 Å². The summed E-state index contributed by atoms with van der Waals surface area (Å²) in [5.41, 5.74) is 1.60. The lowest BCUT2D eigenvalue weighted by Gasteiger charge is -1.96. The summed E-state index contributed by atoms with van der Waals surface area (Å²) in [7, 11) is 1.89. The number of hydrogen-bond donors (Lipinski definition) is 0. The van der Waals surface area contributed by atoms with Crippen LogP contribution in [-0.4, -0.2) is 10.5 Å². The molecule has 0 saturated heterocycles. The van der Waals surface area contributed by atoms with Crippen LogP contribution in [0.25, 0.3) is 10.2 Å². The van der Waals surface area contributed by atoms with Crippen molar-refractivity contribution >= 4 is 39.1 Å². The summed E-state index contributed by atoms with van der Waals surface area (Å²) >= 11 is 7.43. The fourth-order valence-electron chi connectivity index (χ4n) is 1.95. The Hall–Kier alpha value is -1.91. The molecule has 100 valence electrons. The Kier molecular flexibility index (Phi) is 3.42. The molecule has 20 heavy (non-hydrogen) atoms. The molecule has 0 spiro atoms. The average molecular weight is 303 g/mol. The molecule has 0 N–H and O–H groups in total. The largest absolute Gasteiger partial charge is 0.319 e. The zero-order chi connectivity index (χ0) is 14.1. The molecule has 1 aromatic heterocycles. The Morgan fingerprint density at radius 1 is 1.20 bits per heavy atom. The molecule has 0 aliphatic rings. The summed E-state index contributed by atoms with van der Waals surface area (Å²) in [6.07, 6.45) is 0. The van der Waals surface area contributed by atoms with Crippen LogP contribution in [0.1, 0.15) is 10.4 Å². The minimum atomic E-state index is -0.237. The number of amides is 1. The number of hydrogen-bond acceptors (Lipinski definition) is 2. The SMILES string of the molecule is Cn1c(=NC(=O)c2ccccc2)sc2cc(Cl)ccc21. The number of nitrogens with zero attached hydrogens (tertiary/aromatic N) is 2. The van der Waals surface area contributed by atoms with Crippen molar-refractivity contribution in [3.8, 4) is 0 Å². The second-order valence-corrected chi connectivity index (χ2v) is 5.78. The normalized spacial score (nSPS) is 12.0. The van der Waals surface area contributed by atoms with E-state index in [0.717, 1.165) is 10.2 Å². The molecule has 3 aromatic rings. The summed E-state index contributed by atoms with van der Waals surface area (Å²) in [5.74, 6) is -0.237. The van der Waals surface area contributed by atoms with Crippen molar-refractivity contribution in [2.75, 3.05) is 0 Å². The number of thiazole rings is 1. The predicted molar refractivity (Wildman–Crippen MR) is 82.1 cm³/mol. The van der Waals surface area contributed by atoms with Crippen LogP contribution >= 0.6 is 22.9 Å². The number of halogens is 1. The molecule has 0 atom stereocenters. The molecule has 0 bridgehead atoms. The third kappa shape index (κ3) is 2.40. The van der Waals surface area contributed by atoms with Crippen LogP contribution in [0.2, 0.25) is 5.02 Å². The van der Waals surface area contributed by atoms with E-state index in [9.17, 15) is 4.79 Å². The van der Waals surface area contributed by atoms with Gasteiger partial charge in [0, 0.05) is 17.6 Å². The monoisotopic (exact) mass is 302 g/mol. The molecular weight excluding hydrogens is 292 g/mol. The van der Waals surface area contributed by atoms with Gasteiger partial charge in [-0.25, -0.2) is 0 Å². The van der Waals surface area contributed by atoms with Crippen molar-refractivity contribution in [1.82, 2.24) is 4.57 Å². The van der Waals surface area contributed by atoms with E-state index in [1.807, 2.05) is 48.0 Å². The third-order valence-corrected chi connectivity index (χ3v) is 4.32. The van der Waals surface area contributed by atoms with E-state index >= 15 is 0 Å². The van der Waals surface area contributed by atoms with Gasteiger partial charge in [-0.15, -0.1) is 0 Å². The van der Waals surface area contributed by atoms with Crippen LogP contribution < -0.4 is 4.80 Å². The topological polar surface area (TPSA) is 34.4 Å². The Labute approximate surface area is 124 Å². The van der Waals surface area contributed by atoms with Gasteiger partial charge in [0.1, 0.15) is 0 Å². The van der Waals surface area contributed by atoms with Crippen LogP contribution in [0.5, 0.6) is 0 Å². The Morgan fingerprint density at radius 2 is 1.95 bits per heavy atom. The van der Waals surface area contributed by atoms with Crippen molar-refractivity contribution in [2.45, 2.75) is 0 Å². The van der Waals surface area contributed by atoms with Gasteiger partial charge in [0.2, 0.25) is 0 Å². The molecule has 3 rings (SSSR count). The number of carbonyl (C=O) groups is 1. The first kappa shape index (κ1) is 13.1. The van der Waals surface area contributed by atoms with Crippen LogP contribution in [-0.2, 0) is 7.05 Å². The summed E-state index contributed by atoms with van der Waals surface area (Å²) in [4.78, 5) is 17.0. The van der Waals surface area contributed by atoms with E-state index in [-0.39, 0.29) is 5.91 Å². The Morgan fingerprint density at radius 3 is 2.70 bits per heavy atom. The van der Waals surface area contributed by atoms with Gasteiger partial charge in [-0.3, -0.25) is 4.79 Å². The van der Waals surface area contributed by atoms with Gasteiger partial charge in [-0.2, -0.15) is 4.99 Å². The lowest BCUT2D eigenvalue weighted by Crippen LogP contribution is -2.13. The summed E-state index contributed by atoms with van der Waals surface area (Å²) < 4.78 is 2.91. The molecule has 1 heterocycles. The molecule has 0 aliphatic heterocycles. The van der Waals surface area contributed by atoms with E-state index in [2.05, 4.69) is 4.99 Å². The molecule has 1 amide bonds. The third-order valence-electron chi connectivity index (χ3n) is 2.99. The number of benzene rings is 2. The van der Waals surface area contributed by atoms with Gasteiger partial charge in [0.15, 0.2) is 4.80 Å². The quantitative estimate of drug-likeness (QED) is 0.676. The van der Waals surface area contributed by atoms with Gasteiger partial charge >= 0.3 is 0 Å². The molecule has 3 nitrogen and oxygen atoms in total. The lowest BCUT2D eigenvalue weighted by atomic mass is 10.2. The molecular formula is C15H11ClN2OS. The van der Waals surface area contributed by atoms with E-state index in [1.165, 1.54) is 11.3 Å². The maximum absolute atomic E-state index is 12.1. The Bertz CT molecular complexity index is 849. The maximum Gasteiger partial charge on any atom is 0.279 e. The summed E-state index contributed by atoms with van der Waals surface area (Å²) in [6.45, 7) is 0. The number of aromatic nitrogens is 1. The fraction of sp³-hybridized carbons (Fsp3) is 0.0667. The molecule has 0 saturated carbocycles. The van der Waals surface area contributed by atoms with Crippen LogP contribution in [0.3, 0.4) is 0 Å². The maximum atomic E-state index is 12.1. The van der Waals surface area contributed by atoms with E-state index in [4.69, 9.17) is 11.6 Å². The molecule has 2 aromatic carbocycles. The van der Waals surface area contributed by atoms with Gasteiger partial charge in [-0.05, 0) is 30.3 Å². The highest BCUT2D eigenvalue weighted by atomic mass is 35.5. The number of carbonyl (C=O) groups excluding carboxylic acids is 1. The zero-order valence-electron chi connectivity index (χ0n) is 10.7. The Balaban J connectivity index is 2.12. The lowest BCUT2D eigenvalue weighted by molar-refractivity contribution is 0.0998. The van der Waals surface area contributed by atoms with Gasteiger partial charge in [0.05, 0.1) is 10.2 Å². The standard InChI is InChI=1S/C15H11ClN2OS/c1-18-12-8-7-11(16)9-13(12)20-15(18)17-14(19)10-5-3-2-4-6-10/h2-9H,1H3. The smallest absolute Gasteiger partial charge is 0.279 e. The first-order valence-corrected chi connectivity index (χ1v) is 7.24. The van der Waals surface area contributed by atoms with Crippen molar-refractivity contribution in [3.05, 3.63) is 63.9 Å². The molecule has 0 radical (unpaired) electrons. The first-order chi connectivity index (χ1) is 9.65. The van der Waals surface area contributed by atoms with E-state index in [1.54, 1.807) is 12.1 Å². The highest BCUT2D eigenvalue weighted by Gasteiger charge is 2.06. The van der Waals surface area contributed by atoms with Crippen LogP contribution in [0.4, 0.5) is 0 Å². The minimum Gasteiger partial charge on any atom is -0.319 e. The van der Waals surface area contributed by atoms with E-state index in [0.29, 0.717) is 15.4 Å². The van der Waals surface area contributed by atoms with Crippen LogP contribution in [0.15, 0.2) is 53.5 Å². The second kappa shape index (κ2) is 5.23. The van der Waals surface area contributed by atoms with Gasteiger partial charge in [0.25, 0.3) is 5.91 Å². The van der Waals surface area contributed by atoms with Crippen molar-refractivity contribution in [2.24, 2.45) is 12.0 Å². The molecule has 5 heteroatoms. The van der Waals surface area contributed by atoms with Gasteiger partial charge in [-0.1, -0.05) is 41.1 Å². The molecule has 0 unspecified atom stereocenters. The minimum absolute atomic E-state index is 0.237. The zero-order valence-corrected chi connectivity index (χ0v) is 12.3. The van der Waals surface area contributed by atoms with Crippen molar-refractivity contribution < 1.29 is 4.79 Å². The fourth-order valence-corrected chi connectivity index (χ4v) is 3.24.